The molecule has 1 atom stereocenters. The smallest absolute Gasteiger partial charge is 0.308 e. The van der Waals surface area contributed by atoms with E-state index in [4.69, 9.17) is 4.74 Å². The maximum absolute atomic E-state index is 12.0. The molecule has 0 saturated carbocycles. The molecule has 7 heteroatoms. The molecule has 0 radical (unpaired) electrons. The van der Waals surface area contributed by atoms with Gasteiger partial charge in [0.15, 0.2) is 0 Å². The van der Waals surface area contributed by atoms with Crippen LogP contribution in [0.15, 0.2) is 0 Å². The van der Waals surface area contributed by atoms with Gasteiger partial charge in [-0.1, -0.05) is 80.6 Å². The van der Waals surface area contributed by atoms with Gasteiger partial charge in [-0.05, 0) is 6.42 Å². The number of hydrogen-bond donors (Lipinski definition) is 1. The van der Waals surface area contributed by atoms with Crippen molar-refractivity contribution in [3.8, 4) is 0 Å². The Morgan fingerprint density at radius 1 is 1.07 bits per heavy atom. The van der Waals surface area contributed by atoms with Gasteiger partial charge in [-0.3, -0.25) is 14.4 Å². The van der Waals surface area contributed by atoms with E-state index in [1.54, 1.807) is 0 Å². The highest BCUT2D eigenvalue weighted by atomic mass is 79.9. The third-order valence-corrected chi connectivity index (χ3v) is 5.37. The van der Waals surface area contributed by atoms with Gasteiger partial charge in [0.2, 0.25) is 11.8 Å². The summed E-state index contributed by atoms with van der Waals surface area (Å²) in [5.74, 6) is -0.885. The van der Waals surface area contributed by atoms with Crippen LogP contribution in [0.4, 0.5) is 0 Å². The number of nitrogens with zero attached hydrogens (tertiary/aromatic N) is 1. The fourth-order valence-electron chi connectivity index (χ4n) is 3.29. The molecule has 1 fully saturated rings. The molecule has 0 aromatic rings. The summed E-state index contributed by atoms with van der Waals surface area (Å²) < 4.78 is 5.26. The zero-order chi connectivity index (χ0) is 19.9. The Morgan fingerprint density at radius 2 is 1.67 bits per heavy atom. The molecule has 1 saturated heterocycles. The van der Waals surface area contributed by atoms with Crippen LogP contribution in [-0.4, -0.2) is 53.8 Å². The molecule has 6 nitrogen and oxygen atoms in total. The van der Waals surface area contributed by atoms with E-state index in [9.17, 15) is 14.4 Å². The summed E-state index contributed by atoms with van der Waals surface area (Å²) in [5.41, 5.74) is 0. The van der Waals surface area contributed by atoms with E-state index in [1.165, 1.54) is 56.3 Å². The first kappa shape index (κ1) is 23.9. The van der Waals surface area contributed by atoms with Crippen molar-refractivity contribution in [2.75, 3.05) is 25.0 Å². The van der Waals surface area contributed by atoms with Gasteiger partial charge in [-0.2, -0.15) is 0 Å². The summed E-state index contributed by atoms with van der Waals surface area (Å²) in [6.45, 7) is 3.46. The van der Waals surface area contributed by atoms with Crippen LogP contribution in [0, 0.1) is 0 Å². The predicted octanol–water partition coefficient (Wildman–Crippen LogP) is 3.56. The number of alkyl halides is 1. The average molecular weight is 447 g/mol. The number of hydrogen-bond acceptors (Lipinski definition) is 4. The van der Waals surface area contributed by atoms with Crippen LogP contribution in [0.3, 0.4) is 0 Å². The van der Waals surface area contributed by atoms with Gasteiger partial charge in [0.1, 0.15) is 6.04 Å². The van der Waals surface area contributed by atoms with Crippen LogP contribution in [0.5, 0.6) is 0 Å². The predicted molar refractivity (Wildman–Crippen MR) is 110 cm³/mol. The number of halogens is 1. The lowest BCUT2D eigenvalue weighted by molar-refractivity contribution is -0.151. The SMILES string of the molecule is CCCCCCCCCCCCOC(=O)C[C@@H]1C(=O)NCCN1C(=O)CBr. The molecular weight excluding hydrogens is 412 g/mol. The number of rotatable bonds is 14. The summed E-state index contributed by atoms with van der Waals surface area (Å²) in [4.78, 5) is 37.4. The van der Waals surface area contributed by atoms with Gasteiger partial charge in [0.25, 0.3) is 0 Å². The third kappa shape index (κ3) is 10.1. The Balaban J connectivity index is 2.10. The molecule has 0 aromatic heterocycles. The van der Waals surface area contributed by atoms with Crippen LogP contribution in [-0.2, 0) is 19.1 Å². The van der Waals surface area contributed by atoms with Crippen molar-refractivity contribution in [2.24, 2.45) is 0 Å². The Hall–Kier alpha value is -1.11. The average Bonchev–Trinajstić information content (AvgIpc) is 2.67. The third-order valence-electron chi connectivity index (χ3n) is 4.89. The maximum Gasteiger partial charge on any atom is 0.308 e. The largest absolute Gasteiger partial charge is 0.466 e. The van der Waals surface area contributed by atoms with Gasteiger partial charge in [-0.25, -0.2) is 0 Å². The fraction of sp³-hybridized carbons (Fsp3) is 0.850. The summed E-state index contributed by atoms with van der Waals surface area (Å²) in [5, 5.41) is 2.85. The molecule has 1 N–H and O–H groups in total. The van der Waals surface area contributed by atoms with Crippen LogP contribution in [0.2, 0.25) is 0 Å². The fourth-order valence-corrected chi connectivity index (χ4v) is 3.61. The summed E-state index contributed by atoms with van der Waals surface area (Å²) in [7, 11) is 0. The minimum atomic E-state index is -0.760. The second-order valence-corrected chi connectivity index (χ2v) is 7.69. The van der Waals surface area contributed by atoms with Gasteiger partial charge in [0.05, 0.1) is 18.4 Å². The lowest BCUT2D eigenvalue weighted by atomic mass is 10.1. The van der Waals surface area contributed by atoms with E-state index in [2.05, 4.69) is 28.2 Å². The molecule has 0 unspecified atom stereocenters. The second-order valence-electron chi connectivity index (χ2n) is 7.13. The highest BCUT2D eigenvalue weighted by molar-refractivity contribution is 9.09. The molecule has 1 aliphatic heterocycles. The van der Waals surface area contributed by atoms with Crippen molar-refractivity contribution < 1.29 is 19.1 Å². The molecule has 0 aliphatic carbocycles. The Kier molecular flexibility index (Phi) is 13.2. The number of carbonyl (C=O) groups excluding carboxylic acids is 3. The summed E-state index contributed by atoms with van der Waals surface area (Å²) in [6.07, 6.45) is 12.2. The van der Waals surface area contributed by atoms with Crippen LogP contribution in [0.25, 0.3) is 0 Å². The number of piperazine rings is 1. The maximum atomic E-state index is 12.0. The first-order chi connectivity index (χ1) is 13.1. The number of unbranched alkanes of at least 4 members (excludes halogenated alkanes) is 9. The second kappa shape index (κ2) is 14.9. The molecule has 2 amide bonds. The number of amides is 2. The highest BCUT2D eigenvalue weighted by Gasteiger charge is 2.34. The number of nitrogens with one attached hydrogen (secondary N) is 1. The van der Waals surface area contributed by atoms with Crippen molar-refractivity contribution in [3.05, 3.63) is 0 Å². The molecule has 0 spiro atoms. The van der Waals surface area contributed by atoms with Crippen LogP contribution in [0.1, 0.15) is 77.6 Å². The molecular formula is C20H35BrN2O4. The summed E-state index contributed by atoms with van der Waals surface area (Å²) in [6, 6.07) is -0.760. The lowest BCUT2D eigenvalue weighted by Crippen LogP contribution is -2.58. The summed E-state index contributed by atoms with van der Waals surface area (Å²) >= 11 is 3.12. The molecule has 0 bridgehead atoms. The van der Waals surface area contributed by atoms with Crippen LogP contribution < -0.4 is 5.32 Å². The molecule has 27 heavy (non-hydrogen) atoms. The van der Waals surface area contributed by atoms with E-state index in [1.807, 2.05) is 0 Å². The number of carbonyl (C=O) groups is 3. The number of esters is 1. The van der Waals surface area contributed by atoms with Crippen molar-refractivity contribution in [1.29, 1.82) is 0 Å². The first-order valence-corrected chi connectivity index (χ1v) is 11.5. The highest BCUT2D eigenvalue weighted by Crippen LogP contribution is 2.13. The molecule has 1 heterocycles. The standard InChI is InChI=1S/C20H35BrN2O4/c1-2-3-4-5-6-7-8-9-10-11-14-27-19(25)15-17-20(26)22-12-13-23(17)18(24)16-21/h17H,2-16H2,1H3,(H,22,26)/t17-/m1/s1. The quantitative estimate of drug-likeness (QED) is 0.251. The Bertz CT molecular complexity index is 459. The van der Waals surface area contributed by atoms with E-state index in [0.717, 1.165) is 12.8 Å². The van der Waals surface area contributed by atoms with E-state index in [0.29, 0.717) is 19.7 Å². The van der Waals surface area contributed by atoms with Crippen LogP contribution >= 0.6 is 15.9 Å². The van der Waals surface area contributed by atoms with Crippen molar-refractivity contribution in [1.82, 2.24) is 10.2 Å². The Labute approximate surface area is 171 Å². The van der Waals surface area contributed by atoms with Crippen molar-refractivity contribution in [2.45, 2.75) is 83.6 Å². The van der Waals surface area contributed by atoms with E-state index in [-0.39, 0.29) is 23.6 Å². The Morgan fingerprint density at radius 3 is 2.26 bits per heavy atom. The molecule has 1 aliphatic rings. The van der Waals surface area contributed by atoms with Gasteiger partial charge in [-0.15, -0.1) is 0 Å². The monoisotopic (exact) mass is 446 g/mol. The number of ether oxygens (including phenoxy) is 1. The lowest BCUT2D eigenvalue weighted by Gasteiger charge is -2.34. The first-order valence-electron chi connectivity index (χ1n) is 10.4. The van der Waals surface area contributed by atoms with Gasteiger partial charge in [0, 0.05) is 13.1 Å². The van der Waals surface area contributed by atoms with E-state index >= 15 is 0 Å². The van der Waals surface area contributed by atoms with Gasteiger partial charge >= 0.3 is 5.97 Å². The normalized spacial score (nSPS) is 16.9. The zero-order valence-electron chi connectivity index (χ0n) is 16.6. The topological polar surface area (TPSA) is 75.7 Å². The molecule has 1 rings (SSSR count). The van der Waals surface area contributed by atoms with E-state index < -0.39 is 12.0 Å². The molecule has 0 aromatic carbocycles. The van der Waals surface area contributed by atoms with Gasteiger partial charge < -0.3 is 15.0 Å². The van der Waals surface area contributed by atoms with Crippen molar-refractivity contribution >= 4 is 33.7 Å². The molecule has 156 valence electrons. The minimum Gasteiger partial charge on any atom is -0.466 e. The van der Waals surface area contributed by atoms with Crippen molar-refractivity contribution in [3.63, 3.8) is 0 Å². The zero-order valence-corrected chi connectivity index (χ0v) is 18.2. The minimum absolute atomic E-state index is 0.0810.